The third-order valence-corrected chi connectivity index (χ3v) is 4.16. The summed E-state index contributed by atoms with van der Waals surface area (Å²) < 4.78 is 1.72. The number of aryl methyl sites for hydroxylation is 3. The monoisotopic (exact) mass is 334 g/mol. The maximum Gasteiger partial charge on any atom is 0.275 e. The van der Waals surface area contributed by atoms with Crippen LogP contribution in [-0.2, 0) is 20.1 Å². The first-order chi connectivity index (χ1) is 12.0. The minimum atomic E-state index is -0.0872. The van der Waals surface area contributed by atoms with Gasteiger partial charge in [0.1, 0.15) is 0 Å². The van der Waals surface area contributed by atoms with Crippen molar-refractivity contribution in [1.82, 2.24) is 19.7 Å². The second-order valence-electron chi connectivity index (χ2n) is 6.27. The van der Waals surface area contributed by atoms with Crippen LogP contribution in [-0.4, -0.2) is 25.6 Å². The summed E-state index contributed by atoms with van der Waals surface area (Å²) >= 11 is 0. The lowest BCUT2D eigenvalue weighted by Crippen LogP contribution is -2.31. The van der Waals surface area contributed by atoms with Gasteiger partial charge in [-0.05, 0) is 37.6 Å². The molecule has 0 aliphatic rings. The second kappa shape index (κ2) is 7.30. The van der Waals surface area contributed by atoms with Gasteiger partial charge in [0.15, 0.2) is 5.69 Å². The van der Waals surface area contributed by atoms with E-state index in [1.54, 1.807) is 15.8 Å². The van der Waals surface area contributed by atoms with Gasteiger partial charge in [-0.1, -0.05) is 35.9 Å². The first-order valence-corrected chi connectivity index (χ1v) is 8.28. The second-order valence-corrected chi connectivity index (χ2v) is 6.27. The summed E-state index contributed by atoms with van der Waals surface area (Å²) in [5, 5.41) is 4.34. The van der Waals surface area contributed by atoms with E-state index in [1.807, 2.05) is 50.4 Å². The largest absolute Gasteiger partial charge is 0.327 e. The highest BCUT2D eigenvalue weighted by atomic mass is 16.2. The zero-order chi connectivity index (χ0) is 17.8. The highest BCUT2D eigenvalue weighted by Gasteiger charge is 2.20. The number of hydrogen-bond donors (Lipinski definition) is 0. The Balaban J connectivity index is 1.89. The molecule has 0 fully saturated rings. The van der Waals surface area contributed by atoms with E-state index in [2.05, 4.69) is 29.1 Å². The molecule has 0 atom stereocenters. The fourth-order valence-electron chi connectivity index (χ4n) is 2.74. The van der Waals surface area contributed by atoms with E-state index in [-0.39, 0.29) is 5.91 Å². The Kier molecular flexibility index (Phi) is 4.93. The van der Waals surface area contributed by atoms with E-state index in [0.717, 1.165) is 17.0 Å². The number of pyridine rings is 1. The SMILES string of the molecule is Cc1cccc(CN(Cc2ccccn2)C(=O)c2cc(C)n(C)n2)c1. The van der Waals surface area contributed by atoms with Crippen molar-refractivity contribution in [3.8, 4) is 0 Å². The summed E-state index contributed by atoms with van der Waals surface area (Å²) in [5.41, 5.74) is 4.55. The van der Waals surface area contributed by atoms with Crippen molar-refractivity contribution in [2.45, 2.75) is 26.9 Å². The number of rotatable bonds is 5. The zero-order valence-corrected chi connectivity index (χ0v) is 14.8. The highest BCUT2D eigenvalue weighted by Crippen LogP contribution is 2.14. The number of carbonyl (C=O) groups is 1. The minimum Gasteiger partial charge on any atom is -0.327 e. The number of amides is 1. The van der Waals surface area contributed by atoms with Crippen LogP contribution >= 0.6 is 0 Å². The third-order valence-electron chi connectivity index (χ3n) is 4.16. The quantitative estimate of drug-likeness (QED) is 0.719. The molecule has 0 N–H and O–H groups in total. The molecule has 0 spiro atoms. The Hall–Kier alpha value is -2.95. The predicted molar refractivity (Wildman–Crippen MR) is 96.9 cm³/mol. The van der Waals surface area contributed by atoms with Gasteiger partial charge < -0.3 is 4.90 Å². The fourth-order valence-corrected chi connectivity index (χ4v) is 2.74. The molecule has 0 bridgehead atoms. The average molecular weight is 334 g/mol. The molecule has 25 heavy (non-hydrogen) atoms. The molecule has 0 saturated carbocycles. The van der Waals surface area contributed by atoms with Crippen LogP contribution in [0.3, 0.4) is 0 Å². The molecule has 0 aliphatic heterocycles. The summed E-state index contributed by atoms with van der Waals surface area (Å²) in [6, 6.07) is 15.8. The molecule has 0 aliphatic carbocycles. The van der Waals surface area contributed by atoms with E-state index in [4.69, 9.17) is 0 Å². The van der Waals surface area contributed by atoms with E-state index in [9.17, 15) is 4.79 Å². The molecule has 1 amide bonds. The van der Waals surface area contributed by atoms with Gasteiger partial charge in [0.05, 0.1) is 12.2 Å². The van der Waals surface area contributed by atoms with Crippen LogP contribution in [0.4, 0.5) is 0 Å². The molecule has 5 heteroatoms. The summed E-state index contributed by atoms with van der Waals surface area (Å²) in [4.78, 5) is 19.2. The van der Waals surface area contributed by atoms with Gasteiger partial charge in [-0.3, -0.25) is 14.5 Å². The molecular weight excluding hydrogens is 312 g/mol. The van der Waals surface area contributed by atoms with Crippen molar-refractivity contribution >= 4 is 5.91 Å². The van der Waals surface area contributed by atoms with Gasteiger partial charge in [0.2, 0.25) is 0 Å². The Bertz CT molecular complexity index is 851. The topological polar surface area (TPSA) is 51.0 Å². The van der Waals surface area contributed by atoms with E-state index >= 15 is 0 Å². The average Bonchev–Trinajstić information content (AvgIpc) is 2.94. The van der Waals surface area contributed by atoms with Crippen molar-refractivity contribution in [2.24, 2.45) is 7.05 Å². The molecular formula is C20H22N4O. The number of hydrogen-bond acceptors (Lipinski definition) is 3. The van der Waals surface area contributed by atoms with Crippen LogP contribution in [0.5, 0.6) is 0 Å². The number of carbonyl (C=O) groups excluding carboxylic acids is 1. The summed E-state index contributed by atoms with van der Waals surface area (Å²) in [7, 11) is 1.84. The maximum absolute atomic E-state index is 13.0. The first-order valence-electron chi connectivity index (χ1n) is 8.28. The molecule has 0 saturated heterocycles. The number of nitrogens with zero attached hydrogens (tertiary/aromatic N) is 4. The number of benzene rings is 1. The van der Waals surface area contributed by atoms with Gasteiger partial charge in [-0.2, -0.15) is 5.10 Å². The first kappa shape index (κ1) is 16.9. The molecule has 0 unspecified atom stereocenters. The summed E-state index contributed by atoms with van der Waals surface area (Å²) in [6.45, 7) is 4.96. The lowest BCUT2D eigenvalue weighted by molar-refractivity contribution is 0.0721. The van der Waals surface area contributed by atoms with Crippen molar-refractivity contribution in [1.29, 1.82) is 0 Å². The van der Waals surface area contributed by atoms with Crippen LogP contribution in [0.2, 0.25) is 0 Å². The van der Waals surface area contributed by atoms with Crippen LogP contribution in [0.25, 0.3) is 0 Å². The van der Waals surface area contributed by atoms with Crippen LogP contribution in [0.15, 0.2) is 54.7 Å². The Morgan fingerprint density at radius 1 is 1.08 bits per heavy atom. The molecule has 2 aromatic heterocycles. The summed E-state index contributed by atoms with van der Waals surface area (Å²) in [6.07, 6.45) is 1.75. The van der Waals surface area contributed by atoms with Crippen molar-refractivity contribution in [3.63, 3.8) is 0 Å². The molecule has 3 rings (SSSR count). The Morgan fingerprint density at radius 3 is 2.56 bits per heavy atom. The van der Waals surface area contributed by atoms with Gasteiger partial charge in [0.25, 0.3) is 5.91 Å². The van der Waals surface area contributed by atoms with Gasteiger partial charge in [0, 0.05) is 25.5 Å². The molecule has 0 radical (unpaired) electrons. The van der Waals surface area contributed by atoms with Crippen LogP contribution in [0.1, 0.15) is 33.0 Å². The molecule has 128 valence electrons. The lowest BCUT2D eigenvalue weighted by atomic mass is 10.1. The van der Waals surface area contributed by atoms with Gasteiger partial charge >= 0.3 is 0 Å². The van der Waals surface area contributed by atoms with E-state index in [1.165, 1.54) is 5.56 Å². The van der Waals surface area contributed by atoms with Crippen molar-refractivity contribution in [3.05, 3.63) is 82.9 Å². The smallest absolute Gasteiger partial charge is 0.275 e. The Labute approximate surface area is 147 Å². The van der Waals surface area contributed by atoms with Crippen molar-refractivity contribution < 1.29 is 4.79 Å². The summed E-state index contributed by atoms with van der Waals surface area (Å²) in [5.74, 6) is -0.0872. The Morgan fingerprint density at radius 2 is 1.92 bits per heavy atom. The third kappa shape index (κ3) is 4.12. The minimum absolute atomic E-state index is 0.0872. The molecule has 5 nitrogen and oxygen atoms in total. The predicted octanol–water partition coefficient (Wildman–Crippen LogP) is 3.27. The van der Waals surface area contributed by atoms with Crippen LogP contribution < -0.4 is 0 Å². The molecule has 3 aromatic rings. The fraction of sp³-hybridized carbons (Fsp3) is 0.250. The lowest BCUT2D eigenvalue weighted by Gasteiger charge is -2.22. The normalized spacial score (nSPS) is 10.7. The number of aromatic nitrogens is 3. The van der Waals surface area contributed by atoms with E-state index < -0.39 is 0 Å². The highest BCUT2D eigenvalue weighted by molar-refractivity contribution is 5.92. The zero-order valence-electron chi connectivity index (χ0n) is 14.8. The maximum atomic E-state index is 13.0. The van der Waals surface area contributed by atoms with Crippen LogP contribution in [0, 0.1) is 13.8 Å². The van der Waals surface area contributed by atoms with Crippen molar-refractivity contribution in [2.75, 3.05) is 0 Å². The molecule has 1 aromatic carbocycles. The van der Waals surface area contributed by atoms with Gasteiger partial charge in [-0.15, -0.1) is 0 Å². The van der Waals surface area contributed by atoms with Gasteiger partial charge in [-0.25, -0.2) is 0 Å². The van der Waals surface area contributed by atoms with E-state index in [0.29, 0.717) is 18.8 Å². The molecule has 2 heterocycles. The standard InChI is InChI=1S/C20H22N4O/c1-15-7-6-8-17(11-15)13-24(14-18-9-4-5-10-21-18)20(25)19-12-16(2)23(3)22-19/h4-12H,13-14H2,1-3H3.